The minimum Gasteiger partial charge on any atom is -0.480 e. The van der Waals surface area contributed by atoms with Crippen LogP contribution in [0.1, 0.15) is 23.8 Å². The Kier molecular flexibility index (Phi) is 5.33. The molecule has 2 aromatic heterocycles. The second-order valence-corrected chi connectivity index (χ2v) is 10.2. The number of halogens is 5. The van der Waals surface area contributed by atoms with E-state index in [0.29, 0.717) is 16.9 Å². The molecule has 0 bridgehead atoms. The highest BCUT2D eigenvalue weighted by Gasteiger charge is 2.64. The van der Waals surface area contributed by atoms with Gasteiger partial charge in [-0.2, -0.15) is 31.7 Å². The summed E-state index contributed by atoms with van der Waals surface area (Å²) in [6.45, 7) is 0. The molecule has 0 spiro atoms. The molecule has 2 atom stereocenters. The number of aliphatic carboxylic acids is 1. The van der Waals surface area contributed by atoms with Crippen LogP contribution in [0.3, 0.4) is 0 Å². The number of sulfonamides is 1. The van der Waals surface area contributed by atoms with Gasteiger partial charge < -0.3 is 9.63 Å². The minimum atomic E-state index is -5.96. The Morgan fingerprint density at radius 2 is 1.82 bits per heavy atom. The second-order valence-electron chi connectivity index (χ2n) is 7.16. The maximum absolute atomic E-state index is 13.4. The van der Waals surface area contributed by atoms with E-state index in [1.54, 1.807) is 30.3 Å². The Labute approximate surface area is 186 Å². The Morgan fingerprint density at radius 3 is 2.42 bits per heavy atom. The topological polar surface area (TPSA) is 122 Å². The second kappa shape index (κ2) is 7.56. The first kappa shape index (κ1) is 23.3. The zero-order valence-corrected chi connectivity index (χ0v) is 17.6. The molecule has 4 rings (SSSR count). The highest BCUT2D eigenvalue weighted by Crippen LogP contribution is 2.52. The van der Waals surface area contributed by atoms with Gasteiger partial charge in [0.2, 0.25) is 5.82 Å². The first-order chi connectivity index (χ1) is 15.3. The Balaban J connectivity index is 1.58. The summed E-state index contributed by atoms with van der Waals surface area (Å²) in [7, 11) is -4.40. The van der Waals surface area contributed by atoms with Crippen LogP contribution in [-0.4, -0.2) is 41.3 Å². The third-order valence-electron chi connectivity index (χ3n) is 4.98. The summed E-state index contributed by atoms with van der Waals surface area (Å²) >= 11 is 0.447. The predicted molar refractivity (Wildman–Crippen MR) is 102 cm³/mol. The lowest BCUT2D eigenvalue weighted by atomic mass is 10.1. The van der Waals surface area contributed by atoms with Crippen molar-refractivity contribution in [1.82, 2.24) is 14.9 Å². The number of benzene rings is 1. The lowest BCUT2D eigenvalue weighted by molar-refractivity contribution is -0.298. The molecule has 2 heterocycles. The van der Waals surface area contributed by atoms with Crippen molar-refractivity contribution in [2.45, 2.75) is 34.2 Å². The lowest BCUT2D eigenvalue weighted by Crippen LogP contribution is -2.44. The van der Waals surface area contributed by atoms with Gasteiger partial charge in [0.05, 0.1) is 4.88 Å². The number of carboxylic acid groups (broad SMARTS) is 1. The van der Waals surface area contributed by atoms with Gasteiger partial charge in [-0.15, -0.1) is 11.3 Å². The van der Waals surface area contributed by atoms with Crippen LogP contribution in [0.5, 0.6) is 0 Å². The summed E-state index contributed by atoms with van der Waals surface area (Å²) in [6, 6.07) is 10.5. The van der Waals surface area contributed by atoms with Gasteiger partial charge in [0.15, 0.2) is 0 Å². The van der Waals surface area contributed by atoms with Gasteiger partial charge in [-0.25, -0.2) is 8.42 Å². The fourth-order valence-corrected chi connectivity index (χ4v) is 5.83. The smallest absolute Gasteiger partial charge is 0.463 e. The van der Waals surface area contributed by atoms with E-state index in [4.69, 9.17) is 0 Å². The van der Waals surface area contributed by atoms with Crippen molar-refractivity contribution in [2.24, 2.45) is 0 Å². The Bertz CT molecular complexity index is 1310. The average molecular weight is 509 g/mol. The van der Waals surface area contributed by atoms with E-state index in [2.05, 4.69) is 19.4 Å². The van der Waals surface area contributed by atoms with E-state index in [9.17, 15) is 40.3 Å². The number of aromatic nitrogens is 2. The number of carboxylic acids is 1. The number of rotatable bonds is 7. The highest BCUT2D eigenvalue weighted by atomic mass is 32.2. The van der Waals surface area contributed by atoms with Crippen LogP contribution in [0, 0.1) is 0 Å². The van der Waals surface area contributed by atoms with E-state index in [0.717, 1.165) is 12.1 Å². The quantitative estimate of drug-likeness (QED) is 0.465. The SMILES string of the molecule is O=C(O)[C@]1(NS(=O)(=O)c2ccc(-c3noc(C(F)(F)C(F)(F)F)n3)s2)C[C@@H]1c1ccccc1. The van der Waals surface area contributed by atoms with Crippen LogP contribution in [0.15, 0.2) is 51.2 Å². The highest BCUT2D eigenvalue weighted by molar-refractivity contribution is 7.91. The van der Waals surface area contributed by atoms with Crippen LogP contribution in [0.25, 0.3) is 10.7 Å². The first-order valence-electron chi connectivity index (χ1n) is 8.99. The van der Waals surface area contributed by atoms with Crippen molar-refractivity contribution in [2.75, 3.05) is 0 Å². The van der Waals surface area contributed by atoms with Crippen LogP contribution < -0.4 is 4.72 Å². The number of hydrogen-bond donors (Lipinski definition) is 2. The molecule has 1 aliphatic carbocycles. The first-order valence-corrected chi connectivity index (χ1v) is 11.3. The molecule has 2 N–H and O–H groups in total. The van der Waals surface area contributed by atoms with Gasteiger partial charge in [-0.3, -0.25) is 4.79 Å². The summed E-state index contributed by atoms with van der Waals surface area (Å²) in [5, 5.41) is 12.7. The maximum Gasteiger partial charge on any atom is 0.463 e. The number of thiophene rings is 1. The fourth-order valence-electron chi connectivity index (χ4n) is 3.19. The van der Waals surface area contributed by atoms with Crippen LogP contribution >= 0.6 is 11.3 Å². The van der Waals surface area contributed by atoms with Crippen molar-refractivity contribution in [3.63, 3.8) is 0 Å². The molecule has 15 heteroatoms. The third-order valence-corrected chi connectivity index (χ3v) is 8.06. The number of nitrogens with one attached hydrogen (secondary N) is 1. The molecule has 1 saturated carbocycles. The zero-order valence-electron chi connectivity index (χ0n) is 16.0. The van der Waals surface area contributed by atoms with E-state index < -0.39 is 55.5 Å². The van der Waals surface area contributed by atoms with Gasteiger partial charge in [-0.1, -0.05) is 35.5 Å². The molecule has 0 saturated heterocycles. The van der Waals surface area contributed by atoms with E-state index in [1.165, 1.54) is 0 Å². The van der Waals surface area contributed by atoms with Crippen molar-refractivity contribution in [1.29, 1.82) is 0 Å². The summed E-state index contributed by atoms with van der Waals surface area (Å²) in [5.41, 5.74) is -1.15. The number of carbonyl (C=O) groups is 1. The molecular formula is C18H12F5N3O5S2. The normalized spacial score (nSPS) is 21.2. The monoisotopic (exact) mass is 509 g/mol. The van der Waals surface area contributed by atoms with Crippen molar-refractivity contribution < 1.29 is 44.8 Å². The molecule has 1 fully saturated rings. The van der Waals surface area contributed by atoms with Gasteiger partial charge in [0.25, 0.3) is 10.0 Å². The summed E-state index contributed by atoms with van der Waals surface area (Å²) in [5.74, 6) is -10.1. The largest absolute Gasteiger partial charge is 0.480 e. The average Bonchev–Trinajstić information content (AvgIpc) is 3.11. The molecule has 8 nitrogen and oxygen atoms in total. The minimum absolute atomic E-state index is 0.00450. The summed E-state index contributed by atoms with van der Waals surface area (Å²) in [6.07, 6.45) is -5.96. The lowest BCUT2D eigenvalue weighted by Gasteiger charge is -2.14. The standard InChI is InChI=1S/C18H12F5N3O5S2/c19-17(20,18(21,22)23)14-24-13(25-31-14)11-6-7-12(32-11)33(29,30)26-16(15(27)28)8-10(16)9-4-2-1-3-5-9/h1-7,10,26H,8H2,(H,27,28)/t10-,16+/m1/s1. The van der Waals surface area contributed by atoms with Gasteiger partial charge in [0.1, 0.15) is 9.75 Å². The Morgan fingerprint density at radius 1 is 1.15 bits per heavy atom. The molecule has 176 valence electrons. The summed E-state index contributed by atoms with van der Waals surface area (Å²) < 4.78 is 95.5. The Hall–Kier alpha value is -2.91. The van der Waals surface area contributed by atoms with Crippen LogP contribution in [0.4, 0.5) is 22.0 Å². The number of nitrogens with zero attached hydrogens (tertiary/aromatic N) is 2. The molecule has 3 aromatic rings. The van der Waals surface area contributed by atoms with Gasteiger partial charge in [-0.05, 0) is 24.1 Å². The van der Waals surface area contributed by atoms with E-state index >= 15 is 0 Å². The van der Waals surface area contributed by atoms with E-state index in [1.807, 2.05) is 0 Å². The van der Waals surface area contributed by atoms with Crippen molar-refractivity contribution in [3.8, 4) is 10.7 Å². The molecule has 1 aromatic carbocycles. The molecule has 0 unspecified atom stereocenters. The van der Waals surface area contributed by atoms with Gasteiger partial charge >= 0.3 is 24.0 Å². The maximum atomic E-state index is 13.4. The number of hydrogen-bond acceptors (Lipinski definition) is 7. The predicted octanol–water partition coefficient (Wildman–Crippen LogP) is 3.74. The zero-order chi connectivity index (χ0) is 24.2. The molecular weight excluding hydrogens is 497 g/mol. The number of alkyl halides is 5. The summed E-state index contributed by atoms with van der Waals surface area (Å²) in [4.78, 5) is 14.7. The van der Waals surface area contributed by atoms with Crippen molar-refractivity contribution >= 4 is 27.3 Å². The van der Waals surface area contributed by atoms with Gasteiger partial charge in [0, 0.05) is 5.92 Å². The van der Waals surface area contributed by atoms with E-state index in [-0.39, 0.29) is 11.3 Å². The third kappa shape index (κ3) is 4.00. The van der Waals surface area contributed by atoms with Crippen LogP contribution in [0.2, 0.25) is 0 Å². The van der Waals surface area contributed by atoms with Crippen LogP contribution in [-0.2, 0) is 20.7 Å². The molecule has 0 radical (unpaired) electrons. The molecule has 1 aliphatic rings. The fraction of sp³-hybridized carbons (Fsp3) is 0.278. The molecule has 0 aliphatic heterocycles. The molecule has 33 heavy (non-hydrogen) atoms. The molecule has 0 amide bonds. The van der Waals surface area contributed by atoms with Crippen molar-refractivity contribution in [3.05, 3.63) is 53.9 Å².